The first-order chi connectivity index (χ1) is 8.25. The highest BCUT2D eigenvalue weighted by molar-refractivity contribution is 5.66. The Balaban J connectivity index is 1.68. The lowest BCUT2D eigenvalue weighted by atomic mass is 10.3. The normalized spacial score (nSPS) is 15.4. The van der Waals surface area contributed by atoms with Crippen LogP contribution in [-0.2, 0) is 11.3 Å². The summed E-state index contributed by atoms with van der Waals surface area (Å²) >= 11 is 0. The van der Waals surface area contributed by atoms with Gasteiger partial charge in [0.2, 0.25) is 0 Å². The zero-order chi connectivity index (χ0) is 12.1. The number of aromatic nitrogens is 2. The van der Waals surface area contributed by atoms with Gasteiger partial charge < -0.3 is 9.67 Å². The lowest BCUT2D eigenvalue weighted by Gasteiger charge is -2.20. The molecule has 1 fully saturated rings. The number of hydrogen-bond acceptors (Lipinski definition) is 3. The van der Waals surface area contributed by atoms with Gasteiger partial charge in [0.15, 0.2) is 0 Å². The topological polar surface area (TPSA) is 58.4 Å². The maximum Gasteiger partial charge on any atom is 0.304 e. The second-order valence-electron chi connectivity index (χ2n) is 4.56. The van der Waals surface area contributed by atoms with Crippen molar-refractivity contribution in [2.75, 3.05) is 13.1 Å². The van der Waals surface area contributed by atoms with Crippen LogP contribution in [-0.4, -0.2) is 44.7 Å². The summed E-state index contributed by atoms with van der Waals surface area (Å²) in [6.07, 6.45) is 9.31. The fourth-order valence-electron chi connectivity index (χ4n) is 2.03. The molecule has 5 heteroatoms. The zero-order valence-electron chi connectivity index (χ0n) is 9.96. The first kappa shape index (κ1) is 12.1. The van der Waals surface area contributed by atoms with Crippen molar-refractivity contribution in [3.63, 3.8) is 0 Å². The third kappa shape index (κ3) is 4.19. The number of nitrogens with zero attached hydrogens (tertiary/aromatic N) is 3. The number of aryl methyl sites for hydroxylation is 1. The fraction of sp³-hybridized carbons (Fsp3) is 0.667. The third-order valence-corrected chi connectivity index (χ3v) is 3.10. The van der Waals surface area contributed by atoms with Crippen LogP contribution in [0.2, 0.25) is 0 Å². The van der Waals surface area contributed by atoms with Crippen molar-refractivity contribution in [1.29, 1.82) is 0 Å². The molecule has 0 unspecified atom stereocenters. The van der Waals surface area contributed by atoms with Crippen LogP contribution in [0.25, 0.3) is 0 Å². The summed E-state index contributed by atoms with van der Waals surface area (Å²) in [4.78, 5) is 16.9. The summed E-state index contributed by atoms with van der Waals surface area (Å²) in [5.41, 5.74) is 0. The minimum absolute atomic E-state index is 0.252. The molecule has 1 heterocycles. The number of imidazole rings is 1. The van der Waals surface area contributed by atoms with Crippen LogP contribution in [0, 0.1) is 0 Å². The number of aliphatic carboxylic acids is 1. The molecule has 0 atom stereocenters. The molecule has 5 nitrogen and oxygen atoms in total. The average Bonchev–Trinajstić information content (AvgIpc) is 3.00. The summed E-state index contributed by atoms with van der Waals surface area (Å²) < 4.78 is 2.06. The van der Waals surface area contributed by atoms with E-state index in [1.54, 1.807) is 6.20 Å². The van der Waals surface area contributed by atoms with E-state index in [4.69, 9.17) is 5.11 Å². The quantitative estimate of drug-likeness (QED) is 0.738. The van der Waals surface area contributed by atoms with E-state index in [0.29, 0.717) is 12.6 Å². The van der Waals surface area contributed by atoms with Crippen molar-refractivity contribution in [3.05, 3.63) is 18.7 Å². The van der Waals surface area contributed by atoms with Gasteiger partial charge in [0, 0.05) is 38.1 Å². The molecule has 1 aromatic rings. The van der Waals surface area contributed by atoms with E-state index in [1.165, 1.54) is 12.8 Å². The van der Waals surface area contributed by atoms with Gasteiger partial charge in [-0.15, -0.1) is 0 Å². The van der Waals surface area contributed by atoms with Gasteiger partial charge in [-0.3, -0.25) is 9.69 Å². The van der Waals surface area contributed by atoms with E-state index < -0.39 is 5.97 Å². The SMILES string of the molecule is O=C(O)CCN(CCCn1ccnc1)C1CC1. The van der Waals surface area contributed by atoms with Gasteiger partial charge in [-0.2, -0.15) is 0 Å². The Labute approximate surface area is 101 Å². The van der Waals surface area contributed by atoms with Gasteiger partial charge in [-0.05, 0) is 19.3 Å². The molecule has 17 heavy (non-hydrogen) atoms. The molecule has 1 aliphatic rings. The molecule has 0 aliphatic heterocycles. The molecular weight excluding hydrogens is 218 g/mol. The van der Waals surface area contributed by atoms with Crippen LogP contribution in [0.5, 0.6) is 0 Å². The molecule has 0 spiro atoms. The predicted molar refractivity (Wildman–Crippen MR) is 63.7 cm³/mol. The Bertz CT molecular complexity index is 347. The molecule has 1 aliphatic carbocycles. The summed E-state index contributed by atoms with van der Waals surface area (Å²) in [6.45, 7) is 2.62. The molecule has 1 saturated carbocycles. The zero-order valence-corrected chi connectivity index (χ0v) is 9.96. The number of carboxylic acids is 1. The minimum atomic E-state index is -0.703. The average molecular weight is 237 g/mol. The van der Waals surface area contributed by atoms with E-state index in [1.807, 2.05) is 12.5 Å². The van der Waals surface area contributed by atoms with Crippen LogP contribution in [0.15, 0.2) is 18.7 Å². The predicted octanol–water partition coefficient (Wildman–Crippen LogP) is 1.21. The van der Waals surface area contributed by atoms with E-state index in [2.05, 4.69) is 14.5 Å². The van der Waals surface area contributed by atoms with Crippen molar-refractivity contribution in [3.8, 4) is 0 Å². The highest BCUT2D eigenvalue weighted by Gasteiger charge is 2.28. The Morgan fingerprint density at radius 1 is 1.47 bits per heavy atom. The van der Waals surface area contributed by atoms with Crippen LogP contribution in [0.3, 0.4) is 0 Å². The van der Waals surface area contributed by atoms with Gasteiger partial charge in [0.05, 0.1) is 12.7 Å². The monoisotopic (exact) mass is 237 g/mol. The Morgan fingerprint density at radius 3 is 2.88 bits per heavy atom. The number of hydrogen-bond donors (Lipinski definition) is 1. The van der Waals surface area contributed by atoms with Gasteiger partial charge >= 0.3 is 5.97 Å². The Morgan fingerprint density at radius 2 is 2.29 bits per heavy atom. The van der Waals surface area contributed by atoms with Gasteiger partial charge in [-0.1, -0.05) is 0 Å². The standard InChI is InChI=1S/C12H19N3O2/c16-12(17)4-8-15(11-2-3-11)7-1-6-14-9-5-13-10-14/h5,9-11H,1-4,6-8H2,(H,16,17). The lowest BCUT2D eigenvalue weighted by Crippen LogP contribution is -2.30. The molecule has 0 amide bonds. The molecule has 0 bridgehead atoms. The van der Waals surface area contributed by atoms with E-state index >= 15 is 0 Å². The second-order valence-corrected chi connectivity index (χ2v) is 4.56. The summed E-state index contributed by atoms with van der Waals surface area (Å²) in [7, 11) is 0. The van der Waals surface area contributed by atoms with Gasteiger partial charge in [0.25, 0.3) is 0 Å². The van der Waals surface area contributed by atoms with E-state index in [-0.39, 0.29) is 6.42 Å². The van der Waals surface area contributed by atoms with Crippen molar-refractivity contribution < 1.29 is 9.90 Å². The second kappa shape index (κ2) is 5.82. The van der Waals surface area contributed by atoms with Crippen LogP contribution in [0.4, 0.5) is 0 Å². The lowest BCUT2D eigenvalue weighted by molar-refractivity contribution is -0.137. The maximum atomic E-state index is 10.6. The minimum Gasteiger partial charge on any atom is -0.481 e. The van der Waals surface area contributed by atoms with Crippen LogP contribution < -0.4 is 0 Å². The van der Waals surface area contributed by atoms with Crippen molar-refractivity contribution in [1.82, 2.24) is 14.5 Å². The number of rotatable bonds is 8. The molecule has 2 rings (SSSR count). The Kier molecular flexibility index (Phi) is 4.14. The molecule has 1 aromatic heterocycles. The molecule has 94 valence electrons. The van der Waals surface area contributed by atoms with Gasteiger partial charge in [-0.25, -0.2) is 4.98 Å². The van der Waals surface area contributed by atoms with E-state index in [0.717, 1.165) is 19.5 Å². The smallest absolute Gasteiger partial charge is 0.304 e. The summed E-state index contributed by atoms with van der Waals surface area (Å²) in [6, 6.07) is 0.636. The summed E-state index contributed by atoms with van der Waals surface area (Å²) in [5, 5.41) is 8.70. The van der Waals surface area contributed by atoms with Crippen molar-refractivity contribution >= 4 is 5.97 Å². The van der Waals surface area contributed by atoms with Crippen LogP contribution in [0.1, 0.15) is 25.7 Å². The van der Waals surface area contributed by atoms with E-state index in [9.17, 15) is 4.79 Å². The number of carbonyl (C=O) groups is 1. The third-order valence-electron chi connectivity index (χ3n) is 3.10. The fourth-order valence-corrected chi connectivity index (χ4v) is 2.03. The summed E-state index contributed by atoms with van der Waals surface area (Å²) in [5.74, 6) is -0.703. The molecule has 1 N–H and O–H groups in total. The van der Waals surface area contributed by atoms with Crippen LogP contribution >= 0.6 is 0 Å². The molecule has 0 aromatic carbocycles. The maximum absolute atomic E-state index is 10.6. The van der Waals surface area contributed by atoms with Gasteiger partial charge in [0.1, 0.15) is 0 Å². The Hall–Kier alpha value is -1.36. The largest absolute Gasteiger partial charge is 0.481 e. The first-order valence-electron chi connectivity index (χ1n) is 6.17. The van der Waals surface area contributed by atoms with Crippen molar-refractivity contribution in [2.24, 2.45) is 0 Å². The molecule has 0 radical (unpaired) electrons. The molecule has 0 saturated heterocycles. The number of carboxylic acid groups (broad SMARTS) is 1. The first-order valence-corrected chi connectivity index (χ1v) is 6.17. The highest BCUT2D eigenvalue weighted by Crippen LogP contribution is 2.26. The molecular formula is C12H19N3O2. The van der Waals surface area contributed by atoms with Crippen molar-refractivity contribution in [2.45, 2.75) is 38.3 Å². The highest BCUT2D eigenvalue weighted by atomic mass is 16.4.